The third-order valence-corrected chi connectivity index (χ3v) is 2.72. The molecule has 1 aromatic carbocycles. The van der Waals surface area contributed by atoms with Crippen LogP contribution in [0.2, 0.25) is 0 Å². The van der Waals surface area contributed by atoms with Gasteiger partial charge in [-0.05, 0) is 12.1 Å². The first-order chi connectivity index (χ1) is 9.49. The molecule has 0 radical (unpaired) electrons. The van der Waals surface area contributed by atoms with Crippen LogP contribution < -0.4 is 10.1 Å². The molecule has 8 heteroatoms. The number of amides is 1. The monoisotopic (exact) mass is 293 g/mol. The zero-order chi connectivity index (χ0) is 14.7. The van der Waals surface area contributed by atoms with Crippen molar-refractivity contribution in [1.82, 2.24) is 5.32 Å². The molecule has 1 fully saturated rings. The Morgan fingerprint density at radius 3 is 2.70 bits per heavy atom. The minimum atomic E-state index is -2.58. The van der Waals surface area contributed by atoms with Crippen molar-refractivity contribution in [1.29, 1.82) is 0 Å². The number of rotatable bonds is 5. The smallest absolute Gasteiger partial charge is 0.407 e. The van der Waals surface area contributed by atoms with Gasteiger partial charge in [-0.15, -0.1) is 0 Å². The van der Waals surface area contributed by atoms with Crippen LogP contribution in [-0.4, -0.2) is 25.7 Å². The van der Waals surface area contributed by atoms with Gasteiger partial charge in [-0.1, -0.05) is 0 Å². The van der Waals surface area contributed by atoms with Crippen molar-refractivity contribution in [2.45, 2.75) is 18.9 Å². The highest BCUT2D eigenvalue weighted by molar-refractivity contribution is 5.70. The number of alkyl carbamates (subject to hydrolysis) is 1. The van der Waals surface area contributed by atoms with Crippen molar-refractivity contribution < 1.29 is 31.8 Å². The quantitative estimate of drug-likeness (QED) is 0.849. The lowest BCUT2D eigenvalue weighted by Gasteiger charge is -2.12. The standard InChI is InChI=1S/C12H11F4NO3/c13-9(14)3-4-19-8-2-1-6(10(15)11(8)16)7-5-20-12(18)17-7/h1-2,7,9H,3-5H2,(H,17,18). The Labute approximate surface area is 111 Å². The van der Waals surface area contributed by atoms with Crippen molar-refractivity contribution in [3.05, 3.63) is 29.3 Å². The van der Waals surface area contributed by atoms with Crippen LogP contribution >= 0.6 is 0 Å². The molecular formula is C12H11F4NO3. The molecule has 1 amide bonds. The normalized spacial score (nSPS) is 18.1. The summed E-state index contributed by atoms with van der Waals surface area (Å²) in [5, 5.41) is 2.31. The minimum Gasteiger partial charge on any atom is -0.490 e. The van der Waals surface area contributed by atoms with Crippen molar-refractivity contribution >= 4 is 6.09 Å². The maximum atomic E-state index is 13.8. The van der Waals surface area contributed by atoms with Gasteiger partial charge in [0.2, 0.25) is 12.2 Å². The number of benzene rings is 1. The molecule has 1 atom stereocenters. The maximum Gasteiger partial charge on any atom is 0.407 e. The van der Waals surface area contributed by atoms with Gasteiger partial charge in [0.1, 0.15) is 6.61 Å². The predicted octanol–water partition coefficient (Wildman–Crippen LogP) is 2.78. The molecule has 1 saturated heterocycles. The first-order valence-corrected chi connectivity index (χ1v) is 5.81. The first kappa shape index (κ1) is 14.4. The SMILES string of the molecule is O=C1NC(c2ccc(OCCC(F)F)c(F)c2F)CO1. The summed E-state index contributed by atoms with van der Waals surface area (Å²) in [6.45, 7) is -0.530. The van der Waals surface area contributed by atoms with Crippen LogP contribution in [-0.2, 0) is 4.74 Å². The number of halogens is 4. The second kappa shape index (κ2) is 5.98. The van der Waals surface area contributed by atoms with Gasteiger partial charge in [0.15, 0.2) is 11.6 Å². The second-order valence-corrected chi connectivity index (χ2v) is 4.10. The third kappa shape index (κ3) is 3.12. The fourth-order valence-electron chi connectivity index (χ4n) is 1.74. The molecular weight excluding hydrogens is 282 g/mol. The average molecular weight is 293 g/mol. The van der Waals surface area contributed by atoms with Gasteiger partial charge in [-0.3, -0.25) is 0 Å². The number of carbonyl (C=O) groups excluding carboxylic acids is 1. The van der Waals surface area contributed by atoms with Crippen LogP contribution in [0.4, 0.5) is 22.4 Å². The van der Waals surface area contributed by atoms with Crippen molar-refractivity contribution in [2.75, 3.05) is 13.2 Å². The van der Waals surface area contributed by atoms with Gasteiger partial charge >= 0.3 is 6.09 Å². The Morgan fingerprint density at radius 1 is 1.35 bits per heavy atom. The summed E-state index contributed by atoms with van der Waals surface area (Å²) in [7, 11) is 0. The molecule has 0 aromatic heterocycles. The summed E-state index contributed by atoms with van der Waals surface area (Å²) in [6, 6.07) is 1.56. The summed E-state index contributed by atoms with van der Waals surface area (Å²) in [4.78, 5) is 10.8. The summed E-state index contributed by atoms with van der Waals surface area (Å²) in [5.41, 5.74) is -0.0884. The summed E-state index contributed by atoms with van der Waals surface area (Å²) in [5.74, 6) is -2.93. The molecule has 1 heterocycles. The molecule has 20 heavy (non-hydrogen) atoms. The minimum absolute atomic E-state index is 0.0884. The number of hydrogen-bond donors (Lipinski definition) is 1. The van der Waals surface area contributed by atoms with Crippen LogP contribution in [0.5, 0.6) is 5.75 Å². The van der Waals surface area contributed by atoms with E-state index in [1.54, 1.807) is 0 Å². The fourth-order valence-corrected chi connectivity index (χ4v) is 1.74. The number of alkyl halides is 2. The molecule has 0 spiro atoms. The van der Waals surface area contributed by atoms with E-state index in [-0.39, 0.29) is 12.2 Å². The van der Waals surface area contributed by atoms with E-state index in [1.165, 1.54) is 6.07 Å². The molecule has 110 valence electrons. The Kier molecular flexibility index (Phi) is 4.31. The Balaban J connectivity index is 2.10. The van der Waals surface area contributed by atoms with E-state index in [0.29, 0.717) is 0 Å². The average Bonchev–Trinajstić information content (AvgIpc) is 2.81. The van der Waals surface area contributed by atoms with Crippen LogP contribution in [0, 0.1) is 11.6 Å². The predicted molar refractivity (Wildman–Crippen MR) is 59.7 cm³/mol. The van der Waals surface area contributed by atoms with Gasteiger partial charge in [-0.2, -0.15) is 4.39 Å². The van der Waals surface area contributed by atoms with E-state index < -0.39 is 49.0 Å². The maximum absolute atomic E-state index is 13.8. The van der Waals surface area contributed by atoms with Gasteiger partial charge in [-0.25, -0.2) is 18.0 Å². The number of hydrogen-bond acceptors (Lipinski definition) is 3. The number of cyclic esters (lactones) is 1. The largest absolute Gasteiger partial charge is 0.490 e. The van der Waals surface area contributed by atoms with E-state index >= 15 is 0 Å². The summed E-state index contributed by atoms with van der Waals surface area (Å²) < 4.78 is 60.7. The summed E-state index contributed by atoms with van der Waals surface area (Å²) >= 11 is 0. The third-order valence-electron chi connectivity index (χ3n) is 2.72. The molecule has 0 bridgehead atoms. The number of carbonyl (C=O) groups is 1. The van der Waals surface area contributed by atoms with Gasteiger partial charge in [0.25, 0.3) is 0 Å². The van der Waals surface area contributed by atoms with Gasteiger partial charge in [0.05, 0.1) is 12.6 Å². The van der Waals surface area contributed by atoms with Gasteiger partial charge < -0.3 is 14.8 Å². The van der Waals surface area contributed by atoms with Crippen LogP contribution in [0.15, 0.2) is 12.1 Å². The van der Waals surface area contributed by atoms with Crippen LogP contribution in [0.25, 0.3) is 0 Å². The van der Waals surface area contributed by atoms with E-state index in [4.69, 9.17) is 4.74 Å². The van der Waals surface area contributed by atoms with Gasteiger partial charge in [0, 0.05) is 12.0 Å². The highest BCUT2D eigenvalue weighted by Crippen LogP contribution is 2.28. The molecule has 1 N–H and O–H groups in total. The second-order valence-electron chi connectivity index (χ2n) is 4.10. The highest BCUT2D eigenvalue weighted by Gasteiger charge is 2.28. The molecule has 1 aliphatic heterocycles. The topological polar surface area (TPSA) is 47.6 Å². The number of nitrogens with one attached hydrogen (secondary N) is 1. The van der Waals surface area contributed by atoms with E-state index in [1.807, 2.05) is 0 Å². The lowest BCUT2D eigenvalue weighted by Crippen LogP contribution is -2.20. The Hall–Kier alpha value is -1.99. The van der Waals surface area contributed by atoms with E-state index in [0.717, 1.165) is 6.07 Å². The molecule has 4 nitrogen and oxygen atoms in total. The molecule has 1 aliphatic rings. The lowest BCUT2D eigenvalue weighted by atomic mass is 10.1. The molecule has 1 aromatic rings. The molecule has 1 unspecified atom stereocenters. The zero-order valence-corrected chi connectivity index (χ0v) is 10.2. The molecule has 2 rings (SSSR count). The highest BCUT2D eigenvalue weighted by atomic mass is 19.3. The van der Waals surface area contributed by atoms with Crippen LogP contribution in [0.1, 0.15) is 18.0 Å². The fraction of sp³-hybridized carbons (Fsp3) is 0.417. The lowest BCUT2D eigenvalue weighted by molar-refractivity contribution is 0.112. The van der Waals surface area contributed by atoms with Crippen LogP contribution in [0.3, 0.4) is 0 Å². The van der Waals surface area contributed by atoms with Crippen molar-refractivity contribution in [2.24, 2.45) is 0 Å². The number of ether oxygens (including phenoxy) is 2. The Bertz CT molecular complexity index is 510. The molecule has 0 saturated carbocycles. The van der Waals surface area contributed by atoms with E-state index in [9.17, 15) is 22.4 Å². The molecule has 0 aliphatic carbocycles. The first-order valence-electron chi connectivity index (χ1n) is 5.81. The summed E-state index contributed by atoms with van der Waals surface area (Å²) in [6.07, 6.45) is -3.87. The zero-order valence-electron chi connectivity index (χ0n) is 10.2. The van der Waals surface area contributed by atoms with Crippen molar-refractivity contribution in [3.8, 4) is 5.75 Å². The van der Waals surface area contributed by atoms with E-state index in [2.05, 4.69) is 10.1 Å². The van der Waals surface area contributed by atoms with Crippen molar-refractivity contribution in [3.63, 3.8) is 0 Å². The Morgan fingerprint density at radius 2 is 2.10 bits per heavy atom.